The molecule has 2 rings (SSSR count). The molecule has 0 bridgehead atoms. The van der Waals surface area contributed by atoms with Crippen LogP contribution < -0.4 is 0 Å². The Morgan fingerprint density at radius 1 is 1.18 bits per heavy atom. The molecule has 128 valence electrons. The molecule has 22 heavy (non-hydrogen) atoms. The Hall–Kier alpha value is -0.650. The van der Waals surface area contributed by atoms with Crippen LogP contribution in [0.1, 0.15) is 40.0 Å². The van der Waals surface area contributed by atoms with Gasteiger partial charge in [0.25, 0.3) is 0 Å². The van der Waals surface area contributed by atoms with Crippen molar-refractivity contribution >= 4 is 5.91 Å². The van der Waals surface area contributed by atoms with Gasteiger partial charge in [0.2, 0.25) is 5.91 Å². The minimum Gasteiger partial charge on any atom is -0.377 e. The van der Waals surface area contributed by atoms with Crippen molar-refractivity contribution in [2.45, 2.75) is 46.1 Å². The summed E-state index contributed by atoms with van der Waals surface area (Å²) in [5, 5.41) is 0. The Morgan fingerprint density at radius 2 is 2.00 bits per heavy atom. The number of hydrogen-bond acceptors (Lipinski definition) is 4. The van der Waals surface area contributed by atoms with Crippen molar-refractivity contribution in [2.24, 2.45) is 5.41 Å². The average Bonchev–Trinajstić information content (AvgIpc) is 2.87. The van der Waals surface area contributed by atoms with E-state index in [1.165, 1.54) is 0 Å². The molecule has 2 fully saturated rings. The van der Waals surface area contributed by atoms with Crippen LogP contribution >= 0.6 is 0 Å². The summed E-state index contributed by atoms with van der Waals surface area (Å²) in [5.41, 5.74) is -0.278. The zero-order chi connectivity index (χ0) is 16.0. The van der Waals surface area contributed by atoms with Crippen LogP contribution in [0.3, 0.4) is 0 Å². The van der Waals surface area contributed by atoms with Crippen molar-refractivity contribution < 1.29 is 14.3 Å². The molecule has 2 saturated heterocycles. The third-order valence-corrected chi connectivity index (χ3v) is 4.40. The van der Waals surface area contributed by atoms with Crippen molar-refractivity contribution in [2.75, 3.05) is 52.5 Å². The molecular formula is C17H32N2O3. The summed E-state index contributed by atoms with van der Waals surface area (Å²) < 4.78 is 11.3. The molecule has 1 amide bonds. The van der Waals surface area contributed by atoms with Crippen LogP contribution in [0.2, 0.25) is 0 Å². The number of hydrogen-bond donors (Lipinski definition) is 0. The Kier molecular flexibility index (Phi) is 6.66. The molecule has 0 aromatic heterocycles. The predicted molar refractivity (Wildman–Crippen MR) is 86.9 cm³/mol. The average molecular weight is 312 g/mol. The topological polar surface area (TPSA) is 42.0 Å². The number of rotatable bonds is 5. The first-order chi connectivity index (χ1) is 10.5. The first-order valence-electron chi connectivity index (χ1n) is 8.68. The maximum atomic E-state index is 12.4. The van der Waals surface area contributed by atoms with Gasteiger partial charge in [-0.05, 0) is 25.8 Å². The lowest BCUT2D eigenvalue weighted by atomic mass is 9.94. The molecule has 1 unspecified atom stereocenters. The second-order valence-corrected chi connectivity index (χ2v) is 7.45. The zero-order valence-corrected chi connectivity index (χ0v) is 14.5. The van der Waals surface area contributed by atoms with Gasteiger partial charge < -0.3 is 14.4 Å². The van der Waals surface area contributed by atoms with Gasteiger partial charge in [-0.15, -0.1) is 0 Å². The van der Waals surface area contributed by atoms with E-state index in [4.69, 9.17) is 9.47 Å². The standard InChI is InChI=1S/C17H32N2O3/c1-17(2,3)16(20)19-8-5-7-18(9-10-19)11-13-21-14-15-6-4-12-22-15/h15H,4-14H2,1-3H3. The lowest BCUT2D eigenvalue weighted by Gasteiger charge is -2.28. The molecule has 5 nitrogen and oxygen atoms in total. The fourth-order valence-electron chi connectivity index (χ4n) is 3.06. The van der Waals surface area contributed by atoms with Crippen molar-refractivity contribution in [3.8, 4) is 0 Å². The summed E-state index contributed by atoms with van der Waals surface area (Å²) >= 11 is 0. The zero-order valence-electron chi connectivity index (χ0n) is 14.5. The summed E-state index contributed by atoms with van der Waals surface area (Å²) in [6, 6.07) is 0. The SMILES string of the molecule is CC(C)(C)C(=O)N1CCCN(CCOCC2CCCO2)CC1. The molecule has 2 aliphatic heterocycles. The van der Waals surface area contributed by atoms with Crippen LogP contribution in [0.4, 0.5) is 0 Å². The number of amides is 1. The second kappa shape index (κ2) is 8.27. The van der Waals surface area contributed by atoms with E-state index in [1.807, 2.05) is 25.7 Å². The maximum Gasteiger partial charge on any atom is 0.227 e. The summed E-state index contributed by atoms with van der Waals surface area (Å²) in [5.74, 6) is 0.268. The van der Waals surface area contributed by atoms with Crippen molar-refractivity contribution in [1.82, 2.24) is 9.80 Å². The van der Waals surface area contributed by atoms with E-state index in [2.05, 4.69) is 4.90 Å². The Labute approximate surface area is 134 Å². The van der Waals surface area contributed by atoms with Gasteiger partial charge in [-0.2, -0.15) is 0 Å². The fraction of sp³-hybridized carbons (Fsp3) is 0.941. The molecule has 0 saturated carbocycles. The number of nitrogens with zero attached hydrogens (tertiary/aromatic N) is 2. The third kappa shape index (κ3) is 5.52. The van der Waals surface area contributed by atoms with Crippen LogP contribution in [0.15, 0.2) is 0 Å². The first kappa shape index (κ1) is 17.7. The van der Waals surface area contributed by atoms with Gasteiger partial charge in [-0.25, -0.2) is 0 Å². The van der Waals surface area contributed by atoms with Crippen LogP contribution in [0, 0.1) is 5.41 Å². The second-order valence-electron chi connectivity index (χ2n) is 7.45. The first-order valence-corrected chi connectivity index (χ1v) is 8.68. The summed E-state index contributed by atoms with van der Waals surface area (Å²) in [4.78, 5) is 16.8. The number of ether oxygens (including phenoxy) is 2. The highest BCUT2D eigenvalue weighted by Crippen LogP contribution is 2.18. The molecule has 0 aromatic carbocycles. The van der Waals surface area contributed by atoms with Crippen LogP contribution in [0.25, 0.3) is 0 Å². The lowest BCUT2D eigenvalue weighted by molar-refractivity contribution is -0.139. The van der Waals surface area contributed by atoms with Gasteiger partial charge in [0.05, 0.1) is 19.3 Å². The van der Waals surface area contributed by atoms with Crippen LogP contribution in [-0.4, -0.2) is 74.4 Å². The molecule has 1 atom stereocenters. The van der Waals surface area contributed by atoms with E-state index in [0.29, 0.717) is 6.10 Å². The minimum atomic E-state index is -0.278. The maximum absolute atomic E-state index is 12.4. The van der Waals surface area contributed by atoms with Gasteiger partial charge in [-0.3, -0.25) is 9.69 Å². The normalized spacial score (nSPS) is 24.5. The van der Waals surface area contributed by atoms with Gasteiger partial charge in [0, 0.05) is 38.2 Å². The highest BCUT2D eigenvalue weighted by Gasteiger charge is 2.28. The smallest absolute Gasteiger partial charge is 0.227 e. The van der Waals surface area contributed by atoms with Gasteiger partial charge in [0.1, 0.15) is 0 Å². The molecular weight excluding hydrogens is 280 g/mol. The van der Waals surface area contributed by atoms with Crippen LogP contribution in [-0.2, 0) is 14.3 Å². The minimum absolute atomic E-state index is 0.268. The van der Waals surface area contributed by atoms with Gasteiger partial charge >= 0.3 is 0 Å². The van der Waals surface area contributed by atoms with E-state index < -0.39 is 0 Å². The lowest BCUT2D eigenvalue weighted by Crippen LogP contribution is -2.41. The quantitative estimate of drug-likeness (QED) is 0.726. The summed E-state index contributed by atoms with van der Waals surface area (Å²) in [6.45, 7) is 13.0. The molecule has 0 aliphatic carbocycles. The van der Waals surface area contributed by atoms with Crippen LogP contribution in [0.5, 0.6) is 0 Å². The third-order valence-electron chi connectivity index (χ3n) is 4.40. The highest BCUT2D eigenvalue weighted by molar-refractivity contribution is 5.81. The van der Waals surface area contributed by atoms with Crippen molar-refractivity contribution in [3.63, 3.8) is 0 Å². The van der Waals surface area contributed by atoms with E-state index in [-0.39, 0.29) is 11.3 Å². The molecule has 5 heteroatoms. The molecule has 0 radical (unpaired) electrons. The Balaban J connectivity index is 1.64. The van der Waals surface area contributed by atoms with Crippen molar-refractivity contribution in [1.29, 1.82) is 0 Å². The predicted octanol–water partition coefficient (Wildman–Crippen LogP) is 1.76. The summed E-state index contributed by atoms with van der Waals surface area (Å²) in [6.07, 6.45) is 3.66. The van der Waals surface area contributed by atoms with Crippen molar-refractivity contribution in [3.05, 3.63) is 0 Å². The highest BCUT2D eigenvalue weighted by atomic mass is 16.5. The van der Waals surface area contributed by atoms with Gasteiger partial charge in [-0.1, -0.05) is 20.8 Å². The Bertz CT molecular complexity index is 348. The fourth-order valence-corrected chi connectivity index (χ4v) is 3.06. The van der Waals surface area contributed by atoms with E-state index in [0.717, 1.165) is 71.8 Å². The molecule has 0 aromatic rings. The van der Waals surface area contributed by atoms with E-state index >= 15 is 0 Å². The van der Waals surface area contributed by atoms with E-state index in [1.54, 1.807) is 0 Å². The monoisotopic (exact) mass is 312 g/mol. The largest absolute Gasteiger partial charge is 0.377 e. The molecule has 0 spiro atoms. The Morgan fingerprint density at radius 3 is 2.68 bits per heavy atom. The molecule has 2 heterocycles. The number of carbonyl (C=O) groups is 1. The molecule has 2 aliphatic rings. The number of carbonyl (C=O) groups excluding carboxylic acids is 1. The molecule has 0 N–H and O–H groups in total. The van der Waals surface area contributed by atoms with E-state index in [9.17, 15) is 4.79 Å². The summed E-state index contributed by atoms with van der Waals surface area (Å²) in [7, 11) is 0. The van der Waals surface area contributed by atoms with Gasteiger partial charge in [0.15, 0.2) is 0 Å².